The summed E-state index contributed by atoms with van der Waals surface area (Å²) < 4.78 is 4.46. The molecule has 2 nitrogen and oxygen atoms in total. The second kappa shape index (κ2) is 6.08. The van der Waals surface area contributed by atoms with Crippen LogP contribution in [0.2, 0.25) is 0 Å². The Bertz CT molecular complexity index is 136. The molecule has 0 radical (unpaired) electrons. The Labute approximate surface area is 61.2 Å². The second-order valence-electron chi connectivity index (χ2n) is 1.74. The van der Waals surface area contributed by atoms with E-state index in [1.54, 1.807) is 6.08 Å². The molecule has 0 spiro atoms. The lowest BCUT2D eigenvalue weighted by molar-refractivity contribution is -0.136. The molecule has 56 valence electrons. The summed E-state index contributed by atoms with van der Waals surface area (Å²) in [6.07, 6.45) is 6.12. The number of carbonyl (C=O) groups excluding carboxylic acids is 1. The number of hydrogen-bond acceptors (Lipinski definition) is 2. The van der Waals surface area contributed by atoms with Crippen LogP contribution in [-0.2, 0) is 9.53 Å². The molecule has 0 aliphatic rings. The minimum Gasteiger partial charge on any atom is -0.435 e. The maximum atomic E-state index is 10.6. The highest BCUT2D eigenvalue weighted by atomic mass is 16.5. The first kappa shape index (κ1) is 8.95. The van der Waals surface area contributed by atoms with Gasteiger partial charge in [-0.3, -0.25) is 4.79 Å². The highest BCUT2D eigenvalue weighted by molar-refractivity contribution is 5.71. The van der Waals surface area contributed by atoms with Crippen LogP contribution in [0.4, 0.5) is 0 Å². The first-order valence-electron chi connectivity index (χ1n) is 3.26. The van der Waals surface area contributed by atoms with Crippen molar-refractivity contribution in [2.24, 2.45) is 0 Å². The van der Waals surface area contributed by atoms with Gasteiger partial charge >= 0.3 is 5.97 Å². The first-order chi connectivity index (χ1) is 4.81. The average molecular weight is 140 g/mol. The molecule has 0 unspecified atom stereocenters. The van der Waals surface area contributed by atoms with Crippen molar-refractivity contribution in [2.45, 2.75) is 19.8 Å². The van der Waals surface area contributed by atoms with Crippen molar-refractivity contribution in [3.63, 3.8) is 0 Å². The van der Waals surface area contributed by atoms with E-state index >= 15 is 0 Å². The highest BCUT2D eigenvalue weighted by Gasteiger charge is 1.93. The van der Waals surface area contributed by atoms with Crippen LogP contribution in [0, 0.1) is 0 Å². The molecule has 0 fully saturated rings. The van der Waals surface area contributed by atoms with Crippen LogP contribution in [0.3, 0.4) is 0 Å². The molecule has 0 aromatic rings. The van der Waals surface area contributed by atoms with Crippen molar-refractivity contribution in [1.29, 1.82) is 0 Å². The van der Waals surface area contributed by atoms with Crippen LogP contribution in [0.5, 0.6) is 0 Å². The van der Waals surface area contributed by atoms with E-state index < -0.39 is 0 Å². The fourth-order valence-electron chi connectivity index (χ4n) is 0.487. The van der Waals surface area contributed by atoms with E-state index in [-0.39, 0.29) is 5.97 Å². The van der Waals surface area contributed by atoms with Crippen LogP contribution in [0.1, 0.15) is 19.8 Å². The molecular weight excluding hydrogens is 128 g/mol. The Hall–Kier alpha value is -1.05. The van der Waals surface area contributed by atoms with Crippen LogP contribution in [-0.4, -0.2) is 5.97 Å². The van der Waals surface area contributed by atoms with Gasteiger partial charge in [0.05, 0.1) is 12.7 Å². The van der Waals surface area contributed by atoms with Gasteiger partial charge in [-0.2, -0.15) is 0 Å². The van der Waals surface area contributed by atoms with Gasteiger partial charge in [0, 0.05) is 0 Å². The Morgan fingerprint density at radius 2 is 2.30 bits per heavy atom. The van der Waals surface area contributed by atoms with Gasteiger partial charge < -0.3 is 4.74 Å². The summed E-state index contributed by atoms with van der Waals surface area (Å²) in [5.74, 6) is -0.264. The lowest BCUT2D eigenvalue weighted by Crippen LogP contribution is -1.95. The third-order valence-electron chi connectivity index (χ3n) is 0.902. The zero-order valence-corrected chi connectivity index (χ0v) is 6.17. The molecule has 0 saturated heterocycles. The molecule has 0 bridgehead atoms. The second-order valence-corrected chi connectivity index (χ2v) is 1.74. The molecule has 0 aliphatic carbocycles. The van der Waals surface area contributed by atoms with Gasteiger partial charge in [0.15, 0.2) is 0 Å². The number of ether oxygens (including phenoxy) is 1. The van der Waals surface area contributed by atoms with E-state index in [0.717, 1.165) is 12.7 Å². The summed E-state index contributed by atoms with van der Waals surface area (Å²) in [5.41, 5.74) is 0. The van der Waals surface area contributed by atoms with Crippen molar-refractivity contribution in [1.82, 2.24) is 0 Å². The van der Waals surface area contributed by atoms with Gasteiger partial charge in [-0.1, -0.05) is 25.7 Å². The van der Waals surface area contributed by atoms with Crippen molar-refractivity contribution in [3.05, 3.63) is 25.0 Å². The molecule has 10 heavy (non-hydrogen) atoms. The predicted octanol–water partition coefficient (Wildman–Crippen LogP) is 2.03. The highest BCUT2D eigenvalue weighted by Crippen LogP contribution is 1.89. The fraction of sp³-hybridized carbons (Fsp3) is 0.375. The zero-order valence-electron chi connectivity index (χ0n) is 6.17. The van der Waals surface area contributed by atoms with E-state index in [1.165, 1.54) is 0 Å². The number of hydrogen-bond donors (Lipinski definition) is 0. The van der Waals surface area contributed by atoms with Crippen LogP contribution in [0.25, 0.3) is 0 Å². The largest absolute Gasteiger partial charge is 0.435 e. The van der Waals surface area contributed by atoms with Gasteiger partial charge in [0.25, 0.3) is 0 Å². The molecule has 0 atom stereocenters. The van der Waals surface area contributed by atoms with Gasteiger partial charge in [-0.25, -0.2) is 0 Å². The van der Waals surface area contributed by atoms with Crippen LogP contribution >= 0.6 is 0 Å². The van der Waals surface area contributed by atoms with E-state index in [2.05, 4.69) is 11.3 Å². The molecular formula is C8H12O2. The fourth-order valence-corrected chi connectivity index (χ4v) is 0.487. The monoisotopic (exact) mass is 140 g/mol. The SMILES string of the molecule is C=COC(=O)C/C=C/CC. The summed E-state index contributed by atoms with van der Waals surface area (Å²) in [5, 5.41) is 0. The first-order valence-corrected chi connectivity index (χ1v) is 3.26. The summed E-state index contributed by atoms with van der Waals surface area (Å²) in [6.45, 7) is 5.27. The smallest absolute Gasteiger partial charge is 0.314 e. The molecule has 0 N–H and O–H groups in total. The Kier molecular flexibility index (Phi) is 5.44. The van der Waals surface area contributed by atoms with Crippen LogP contribution < -0.4 is 0 Å². The molecule has 0 saturated carbocycles. The quantitative estimate of drug-likeness (QED) is 0.339. The van der Waals surface area contributed by atoms with Crippen molar-refractivity contribution in [3.8, 4) is 0 Å². The molecule has 0 aromatic carbocycles. The topological polar surface area (TPSA) is 26.3 Å². The summed E-state index contributed by atoms with van der Waals surface area (Å²) in [6, 6.07) is 0. The standard InChI is InChI=1S/C8H12O2/c1-3-5-6-7-8(9)10-4-2/h4-6H,2-3,7H2,1H3/b6-5+. The maximum Gasteiger partial charge on any atom is 0.314 e. The average Bonchev–Trinajstić information content (AvgIpc) is 1.89. The van der Waals surface area contributed by atoms with Gasteiger partial charge in [-0.05, 0) is 6.42 Å². The molecule has 0 rings (SSSR count). The minimum atomic E-state index is -0.264. The molecule has 0 heterocycles. The van der Waals surface area contributed by atoms with Gasteiger partial charge in [0.2, 0.25) is 0 Å². The number of carbonyl (C=O) groups is 1. The number of rotatable bonds is 4. The third kappa shape index (κ3) is 5.09. The zero-order chi connectivity index (χ0) is 7.82. The van der Waals surface area contributed by atoms with E-state index in [9.17, 15) is 4.79 Å². The van der Waals surface area contributed by atoms with E-state index in [1.807, 2.05) is 13.0 Å². The summed E-state index contributed by atoms with van der Waals surface area (Å²) in [7, 11) is 0. The summed E-state index contributed by atoms with van der Waals surface area (Å²) in [4.78, 5) is 10.6. The Morgan fingerprint density at radius 3 is 2.80 bits per heavy atom. The Morgan fingerprint density at radius 1 is 1.60 bits per heavy atom. The predicted molar refractivity (Wildman–Crippen MR) is 40.3 cm³/mol. The number of allylic oxidation sites excluding steroid dienone is 1. The third-order valence-corrected chi connectivity index (χ3v) is 0.902. The maximum absolute atomic E-state index is 10.6. The van der Waals surface area contributed by atoms with Gasteiger partial charge in [0.1, 0.15) is 0 Å². The van der Waals surface area contributed by atoms with Gasteiger partial charge in [-0.15, -0.1) is 0 Å². The lowest BCUT2D eigenvalue weighted by Gasteiger charge is -1.91. The van der Waals surface area contributed by atoms with Crippen LogP contribution in [0.15, 0.2) is 25.0 Å². The molecule has 0 aromatic heterocycles. The van der Waals surface area contributed by atoms with Crippen molar-refractivity contribution < 1.29 is 9.53 Å². The molecule has 0 aliphatic heterocycles. The summed E-state index contributed by atoms with van der Waals surface area (Å²) >= 11 is 0. The Balaban J connectivity index is 3.38. The normalized spacial score (nSPS) is 9.70. The lowest BCUT2D eigenvalue weighted by atomic mass is 10.3. The minimum absolute atomic E-state index is 0.264. The van der Waals surface area contributed by atoms with E-state index in [4.69, 9.17) is 0 Å². The van der Waals surface area contributed by atoms with Crippen molar-refractivity contribution in [2.75, 3.05) is 0 Å². The molecule has 2 heteroatoms. The van der Waals surface area contributed by atoms with E-state index in [0.29, 0.717) is 6.42 Å². The number of esters is 1. The molecule has 0 amide bonds. The van der Waals surface area contributed by atoms with Crippen molar-refractivity contribution >= 4 is 5.97 Å².